The number of benzene rings is 2. The van der Waals surface area contributed by atoms with E-state index in [0.29, 0.717) is 17.6 Å². The molecule has 0 aliphatic heterocycles. The lowest BCUT2D eigenvalue weighted by molar-refractivity contribution is -0.121. The smallest absolute Gasteiger partial charge is 0.297 e. The number of thioether (sulfide) groups is 1. The van der Waals surface area contributed by atoms with Crippen molar-refractivity contribution in [2.45, 2.75) is 17.9 Å². The minimum atomic E-state index is -0.351. The predicted octanol–water partition coefficient (Wildman–Crippen LogP) is 3.44. The summed E-state index contributed by atoms with van der Waals surface area (Å²) in [6.07, 6.45) is 2.25. The molecule has 0 saturated carbocycles. The zero-order valence-corrected chi connectivity index (χ0v) is 15.9. The van der Waals surface area contributed by atoms with Gasteiger partial charge in [-0.1, -0.05) is 30.3 Å². The number of nitrogens with zero attached hydrogens (tertiary/aromatic N) is 2. The lowest BCUT2D eigenvalue weighted by Crippen LogP contribution is -2.33. The number of hydrogen-bond acceptors (Lipinski definition) is 5. The van der Waals surface area contributed by atoms with Gasteiger partial charge in [0.2, 0.25) is 11.5 Å². The highest BCUT2D eigenvalue weighted by molar-refractivity contribution is 7.99. The second-order valence-electron chi connectivity index (χ2n) is 6.32. The highest BCUT2D eigenvalue weighted by Crippen LogP contribution is 2.24. The quantitative estimate of drug-likeness (QED) is 0.384. The number of amides is 1. The maximum atomic E-state index is 12.6. The molecule has 0 saturated heterocycles. The predicted molar refractivity (Wildman–Crippen MR) is 111 cm³/mol. The molecule has 2 heterocycles. The van der Waals surface area contributed by atoms with Gasteiger partial charge in [-0.05, 0) is 36.4 Å². The standard InChI is InChI=1S/C21H19N3O3S/c25-18(22-11-6-12-28-15-7-2-1-3-8-15)13-24-14-23-19-16-9-4-5-10-17(16)27-20(19)21(24)26/h1-5,7-10,14H,6,11-13H2,(H,22,25). The largest absolute Gasteiger partial charge is 0.448 e. The van der Waals surface area contributed by atoms with E-state index in [4.69, 9.17) is 4.42 Å². The molecule has 0 bridgehead atoms. The van der Waals surface area contributed by atoms with Crippen molar-refractivity contribution < 1.29 is 9.21 Å². The third-order valence-corrected chi connectivity index (χ3v) is 5.42. The Hall–Kier alpha value is -3.06. The van der Waals surface area contributed by atoms with Crippen LogP contribution < -0.4 is 10.9 Å². The van der Waals surface area contributed by atoms with Gasteiger partial charge in [-0.3, -0.25) is 14.2 Å². The third kappa shape index (κ3) is 3.94. The first-order chi connectivity index (χ1) is 13.7. The fourth-order valence-electron chi connectivity index (χ4n) is 2.95. The van der Waals surface area contributed by atoms with Gasteiger partial charge in [0.25, 0.3) is 5.56 Å². The van der Waals surface area contributed by atoms with Crippen LogP contribution in [0.5, 0.6) is 0 Å². The van der Waals surface area contributed by atoms with E-state index in [1.807, 2.05) is 36.4 Å². The van der Waals surface area contributed by atoms with Crippen molar-refractivity contribution in [3.63, 3.8) is 0 Å². The van der Waals surface area contributed by atoms with E-state index in [1.54, 1.807) is 17.8 Å². The Morgan fingerprint density at radius 2 is 1.89 bits per heavy atom. The SMILES string of the molecule is O=C(Cn1cnc2c(oc3ccccc32)c1=O)NCCCSc1ccccc1. The number of aromatic nitrogens is 2. The molecule has 0 aliphatic carbocycles. The average Bonchev–Trinajstić information content (AvgIpc) is 3.10. The Morgan fingerprint density at radius 1 is 1.11 bits per heavy atom. The van der Waals surface area contributed by atoms with Crippen LogP contribution >= 0.6 is 11.8 Å². The van der Waals surface area contributed by atoms with Crippen LogP contribution in [-0.2, 0) is 11.3 Å². The zero-order chi connectivity index (χ0) is 19.3. The van der Waals surface area contributed by atoms with Gasteiger partial charge in [-0.25, -0.2) is 4.98 Å². The summed E-state index contributed by atoms with van der Waals surface area (Å²) in [7, 11) is 0. The molecule has 4 rings (SSSR count). The fraction of sp³-hybridized carbons (Fsp3) is 0.190. The number of furan rings is 1. The summed E-state index contributed by atoms with van der Waals surface area (Å²) in [6, 6.07) is 17.5. The fourth-order valence-corrected chi connectivity index (χ4v) is 3.82. The topological polar surface area (TPSA) is 77.1 Å². The van der Waals surface area contributed by atoms with Crippen LogP contribution in [0.1, 0.15) is 6.42 Å². The molecule has 1 amide bonds. The minimum absolute atomic E-state index is 0.0787. The van der Waals surface area contributed by atoms with Crippen molar-refractivity contribution in [1.82, 2.24) is 14.9 Å². The normalized spacial score (nSPS) is 11.1. The number of carbonyl (C=O) groups is 1. The molecule has 6 nitrogen and oxygen atoms in total. The summed E-state index contributed by atoms with van der Waals surface area (Å²) in [6.45, 7) is 0.484. The average molecular weight is 393 g/mol. The van der Waals surface area contributed by atoms with E-state index in [1.165, 1.54) is 15.8 Å². The summed E-state index contributed by atoms with van der Waals surface area (Å²) in [5, 5.41) is 3.64. The van der Waals surface area contributed by atoms with Crippen LogP contribution in [0, 0.1) is 0 Å². The number of para-hydroxylation sites is 1. The second-order valence-corrected chi connectivity index (χ2v) is 7.49. The molecule has 142 valence electrons. The van der Waals surface area contributed by atoms with Gasteiger partial charge in [0, 0.05) is 16.8 Å². The van der Waals surface area contributed by atoms with Crippen molar-refractivity contribution in [2.75, 3.05) is 12.3 Å². The number of nitrogens with one attached hydrogen (secondary N) is 1. The van der Waals surface area contributed by atoms with E-state index in [-0.39, 0.29) is 23.6 Å². The van der Waals surface area contributed by atoms with Gasteiger partial charge in [-0.15, -0.1) is 11.8 Å². The molecule has 2 aromatic heterocycles. The van der Waals surface area contributed by atoms with Crippen LogP contribution in [-0.4, -0.2) is 27.8 Å². The number of hydrogen-bond donors (Lipinski definition) is 1. The zero-order valence-electron chi connectivity index (χ0n) is 15.1. The Kier molecular flexibility index (Phi) is 5.43. The summed E-state index contributed by atoms with van der Waals surface area (Å²) in [4.78, 5) is 30.3. The van der Waals surface area contributed by atoms with Gasteiger partial charge in [0.1, 0.15) is 17.6 Å². The van der Waals surface area contributed by atoms with Gasteiger partial charge in [0.15, 0.2) is 0 Å². The molecule has 0 fully saturated rings. The summed E-state index contributed by atoms with van der Waals surface area (Å²) in [5.41, 5.74) is 0.960. The first-order valence-electron chi connectivity index (χ1n) is 9.03. The van der Waals surface area contributed by atoms with E-state index < -0.39 is 0 Å². The van der Waals surface area contributed by atoms with E-state index in [9.17, 15) is 9.59 Å². The van der Waals surface area contributed by atoms with Crippen LogP contribution in [0.15, 0.2) is 75.0 Å². The maximum Gasteiger partial charge on any atom is 0.297 e. The molecule has 0 unspecified atom stereocenters. The van der Waals surface area contributed by atoms with Crippen molar-refractivity contribution in [3.8, 4) is 0 Å². The molecule has 4 aromatic rings. The Labute approximate surface area is 165 Å². The molecule has 7 heteroatoms. The third-order valence-electron chi connectivity index (χ3n) is 4.32. The molecule has 0 atom stereocenters. The van der Waals surface area contributed by atoms with Crippen molar-refractivity contribution in [3.05, 3.63) is 71.3 Å². The van der Waals surface area contributed by atoms with E-state index >= 15 is 0 Å². The van der Waals surface area contributed by atoms with Crippen molar-refractivity contribution >= 4 is 39.7 Å². The minimum Gasteiger partial charge on any atom is -0.448 e. The molecule has 0 spiro atoms. The monoisotopic (exact) mass is 393 g/mol. The lowest BCUT2D eigenvalue weighted by Gasteiger charge is -2.07. The first kappa shape index (κ1) is 18.3. The number of carbonyl (C=O) groups excluding carboxylic acids is 1. The van der Waals surface area contributed by atoms with Gasteiger partial charge in [-0.2, -0.15) is 0 Å². The molecule has 2 aromatic carbocycles. The van der Waals surface area contributed by atoms with E-state index in [0.717, 1.165) is 17.6 Å². The van der Waals surface area contributed by atoms with Crippen LogP contribution in [0.2, 0.25) is 0 Å². The van der Waals surface area contributed by atoms with Crippen LogP contribution in [0.3, 0.4) is 0 Å². The Bertz CT molecular complexity index is 1170. The summed E-state index contributed by atoms with van der Waals surface area (Å²) in [5.74, 6) is 0.695. The highest BCUT2D eigenvalue weighted by atomic mass is 32.2. The summed E-state index contributed by atoms with van der Waals surface area (Å²) >= 11 is 1.75. The van der Waals surface area contributed by atoms with Crippen LogP contribution in [0.4, 0.5) is 0 Å². The van der Waals surface area contributed by atoms with Gasteiger partial charge in [0.05, 0.1) is 6.33 Å². The van der Waals surface area contributed by atoms with Crippen molar-refractivity contribution in [1.29, 1.82) is 0 Å². The lowest BCUT2D eigenvalue weighted by atomic mass is 10.2. The molecule has 1 N–H and O–H groups in total. The number of fused-ring (bicyclic) bond motifs is 3. The summed E-state index contributed by atoms with van der Waals surface area (Å²) < 4.78 is 6.91. The van der Waals surface area contributed by atoms with Crippen LogP contribution in [0.25, 0.3) is 22.1 Å². The second kappa shape index (κ2) is 8.31. The van der Waals surface area contributed by atoms with Gasteiger partial charge < -0.3 is 9.73 Å². The first-order valence-corrected chi connectivity index (χ1v) is 10.0. The molecule has 28 heavy (non-hydrogen) atoms. The van der Waals surface area contributed by atoms with Gasteiger partial charge >= 0.3 is 0 Å². The van der Waals surface area contributed by atoms with E-state index in [2.05, 4.69) is 22.4 Å². The Morgan fingerprint density at radius 3 is 2.75 bits per heavy atom. The molecular formula is C21H19N3O3S. The Balaban J connectivity index is 1.34. The van der Waals surface area contributed by atoms with Crippen molar-refractivity contribution in [2.24, 2.45) is 0 Å². The molecule has 0 radical (unpaired) electrons. The molecular weight excluding hydrogens is 374 g/mol. The molecule has 0 aliphatic rings. The highest BCUT2D eigenvalue weighted by Gasteiger charge is 2.14. The maximum absolute atomic E-state index is 12.6. The number of rotatable bonds is 7.